The van der Waals surface area contributed by atoms with Crippen LogP contribution in [0.5, 0.6) is 0 Å². The first-order valence-electron chi connectivity index (χ1n) is 6.30. The first-order valence-corrected chi connectivity index (χ1v) is 8.34. The van der Waals surface area contributed by atoms with Crippen LogP contribution >= 0.6 is 23.1 Å². The highest BCUT2D eigenvalue weighted by Crippen LogP contribution is 2.16. The zero-order chi connectivity index (χ0) is 13.1. The molecule has 0 spiro atoms. The quantitative estimate of drug-likeness (QED) is 0.650. The number of nitrogens with one attached hydrogen (secondary N) is 1. The molecule has 102 valence electrons. The summed E-state index contributed by atoms with van der Waals surface area (Å²) in [5.74, 6) is 1.58. The molecule has 5 heteroatoms. The molecule has 3 nitrogen and oxygen atoms in total. The molecule has 0 aliphatic carbocycles. The maximum absolute atomic E-state index is 11.5. The van der Waals surface area contributed by atoms with Gasteiger partial charge in [0, 0.05) is 23.8 Å². The Morgan fingerprint density at radius 1 is 1.33 bits per heavy atom. The van der Waals surface area contributed by atoms with E-state index in [9.17, 15) is 4.79 Å². The van der Waals surface area contributed by atoms with Crippen LogP contribution in [0, 0.1) is 0 Å². The van der Waals surface area contributed by atoms with Gasteiger partial charge < -0.3 is 10.4 Å². The van der Waals surface area contributed by atoms with E-state index < -0.39 is 0 Å². The molecule has 1 aromatic heterocycles. The molecule has 0 aliphatic heterocycles. The summed E-state index contributed by atoms with van der Waals surface area (Å²) in [6.07, 6.45) is 3.98. The molecule has 1 heterocycles. The number of thiophene rings is 1. The van der Waals surface area contributed by atoms with Crippen LogP contribution < -0.4 is 5.32 Å². The first-order chi connectivity index (χ1) is 8.83. The fraction of sp³-hybridized carbons (Fsp3) is 0.615. The number of carbonyl (C=O) groups is 1. The molecule has 1 amide bonds. The Kier molecular flexibility index (Phi) is 8.98. The summed E-state index contributed by atoms with van der Waals surface area (Å²) < 4.78 is 0. The van der Waals surface area contributed by atoms with E-state index in [1.54, 1.807) is 23.1 Å². The van der Waals surface area contributed by atoms with Crippen LogP contribution in [0.4, 0.5) is 0 Å². The predicted octanol–water partition coefficient (Wildman–Crippen LogP) is 2.65. The van der Waals surface area contributed by atoms with E-state index >= 15 is 0 Å². The molecule has 1 aromatic rings. The highest BCUT2D eigenvalue weighted by molar-refractivity contribution is 7.99. The zero-order valence-electron chi connectivity index (χ0n) is 10.6. The molecule has 0 radical (unpaired) electrons. The van der Waals surface area contributed by atoms with Crippen LogP contribution in [0.25, 0.3) is 0 Å². The fourth-order valence-electron chi connectivity index (χ4n) is 1.51. The van der Waals surface area contributed by atoms with Crippen LogP contribution in [0.15, 0.2) is 17.5 Å². The monoisotopic (exact) mass is 287 g/mol. The second-order valence-electron chi connectivity index (χ2n) is 4.06. The third-order valence-corrected chi connectivity index (χ3v) is 4.51. The van der Waals surface area contributed by atoms with E-state index in [0.717, 1.165) is 38.0 Å². The Balaban J connectivity index is 1.91. The molecular weight excluding hydrogens is 266 g/mol. The van der Waals surface area contributed by atoms with Gasteiger partial charge >= 0.3 is 0 Å². The number of thioether (sulfide) groups is 1. The minimum absolute atomic E-state index is 0.124. The second kappa shape index (κ2) is 10.4. The van der Waals surface area contributed by atoms with Gasteiger partial charge in [-0.25, -0.2) is 0 Å². The second-order valence-corrected chi connectivity index (χ2v) is 6.08. The van der Waals surface area contributed by atoms with E-state index in [1.807, 2.05) is 6.07 Å². The summed E-state index contributed by atoms with van der Waals surface area (Å²) >= 11 is 3.39. The highest BCUT2D eigenvalue weighted by Gasteiger charge is 2.01. The summed E-state index contributed by atoms with van der Waals surface area (Å²) in [4.78, 5) is 12.8. The number of unbranched alkanes of at least 4 members (excludes halogenated alkanes) is 3. The molecule has 18 heavy (non-hydrogen) atoms. The number of rotatable bonds is 10. The van der Waals surface area contributed by atoms with Crippen LogP contribution in [0.1, 0.15) is 30.6 Å². The van der Waals surface area contributed by atoms with E-state index in [1.165, 1.54) is 4.88 Å². The number of aliphatic hydroxyl groups excluding tert-OH is 1. The van der Waals surface area contributed by atoms with Crippen molar-refractivity contribution in [2.75, 3.05) is 18.9 Å². The smallest absolute Gasteiger partial charge is 0.230 e. The normalized spacial score (nSPS) is 10.5. The summed E-state index contributed by atoms with van der Waals surface area (Å²) in [7, 11) is 0. The Hall–Kier alpha value is -0.520. The first kappa shape index (κ1) is 15.5. The van der Waals surface area contributed by atoms with Crippen LogP contribution in [0.2, 0.25) is 0 Å². The zero-order valence-corrected chi connectivity index (χ0v) is 12.2. The predicted molar refractivity (Wildman–Crippen MR) is 79.0 cm³/mol. The van der Waals surface area contributed by atoms with E-state index in [2.05, 4.69) is 16.8 Å². The van der Waals surface area contributed by atoms with Crippen molar-refractivity contribution < 1.29 is 9.90 Å². The average Bonchev–Trinajstić information content (AvgIpc) is 2.87. The molecule has 0 fully saturated rings. The molecule has 0 unspecified atom stereocenters. The number of aliphatic hydroxyl groups is 1. The van der Waals surface area contributed by atoms with Gasteiger partial charge in [-0.3, -0.25) is 4.79 Å². The van der Waals surface area contributed by atoms with Crippen molar-refractivity contribution in [3.63, 3.8) is 0 Å². The molecule has 0 atom stereocenters. The summed E-state index contributed by atoms with van der Waals surface area (Å²) in [6.45, 7) is 1.02. The van der Waals surface area contributed by atoms with Gasteiger partial charge in [-0.2, -0.15) is 0 Å². The van der Waals surface area contributed by atoms with Gasteiger partial charge in [0.15, 0.2) is 0 Å². The number of carbonyl (C=O) groups excluding carboxylic acids is 1. The molecule has 0 aliphatic rings. The van der Waals surface area contributed by atoms with Crippen molar-refractivity contribution in [2.24, 2.45) is 0 Å². The molecule has 2 N–H and O–H groups in total. The summed E-state index contributed by atoms with van der Waals surface area (Å²) in [5.41, 5.74) is 0. The molecular formula is C13H21NO2S2. The minimum atomic E-state index is 0.124. The molecule has 0 saturated heterocycles. The van der Waals surface area contributed by atoms with Crippen molar-refractivity contribution in [1.29, 1.82) is 0 Å². The molecule has 0 saturated carbocycles. The standard InChI is InChI=1S/C13H21NO2S2/c15-8-4-2-1-3-7-14-13(16)11-17-10-12-6-5-9-18-12/h5-6,9,15H,1-4,7-8,10-11H2,(H,14,16). The topological polar surface area (TPSA) is 49.3 Å². The molecule has 1 rings (SSSR count). The van der Waals surface area contributed by atoms with Gasteiger partial charge in [-0.15, -0.1) is 23.1 Å². The SMILES string of the molecule is O=C(CSCc1cccs1)NCCCCCCO. The van der Waals surface area contributed by atoms with Gasteiger partial charge in [-0.05, 0) is 24.3 Å². The third-order valence-electron chi connectivity index (χ3n) is 2.46. The minimum Gasteiger partial charge on any atom is -0.396 e. The van der Waals surface area contributed by atoms with Gasteiger partial charge in [0.2, 0.25) is 5.91 Å². The van der Waals surface area contributed by atoms with E-state index in [-0.39, 0.29) is 12.5 Å². The largest absolute Gasteiger partial charge is 0.396 e. The number of hydrogen-bond acceptors (Lipinski definition) is 4. The Morgan fingerprint density at radius 3 is 2.89 bits per heavy atom. The van der Waals surface area contributed by atoms with Gasteiger partial charge in [0.05, 0.1) is 5.75 Å². The van der Waals surface area contributed by atoms with Crippen molar-refractivity contribution in [2.45, 2.75) is 31.4 Å². The van der Waals surface area contributed by atoms with Crippen LogP contribution in [0.3, 0.4) is 0 Å². The summed E-state index contributed by atoms with van der Waals surface area (Å²) in [5, 5.41) is 13.6. The Morgan fingerprint density at radius 2 is 2.17 bits per heavy atom. The van der Waals surface area contributed by atoms with Crippen molar-refractivity contribution in [1.82, 2.24) is 5.32 Å². The van der Waals surface area contributed by atoms with E-state index in [4.69, 9.17) is 5.11 Å². The lowest BCUT2D eigenvalue weighted by atomic mass is 10.2. The molecule has 0 bridgehead atoms. The van der Waals surface area contributed by atoms with Crippen molar-refractivity contribution >= 4 is 29.0 Å². The Labute approximate surface area is 117 Å². The van der Waals surface area contributed by atoms with Crippen molar-refractivity contribution in [3.05, 3.63) is 22.4 Å². The lowest BCUT2D eigenvalue weighted by molar-refractivity contribution is -0.118. The maximum Gasteiger partial charge on any atom is 0.230 e. The fourth-order valence-corrected chi connectivity index (χ4v) is 3.21. The summed E-state index contributed by atoms with van der Waals surface area (Å²) in [6, 6.07) is 4.13. The lowest BCUT2D eigenvalue weighted by Crippen LogP contribution is -2.26. The maximum atomic E-state index is 11.5. The van der Waals surface area contributed by atoms with Gasteiger partial charge in [-0.1, -0.05) is 18.9 Å². The average molecular weight is 287 g/mol. The lowest BCUT2D eigenvalue weighted by Gasteiger charge is -2.04. The van der Waals surface area contributed by atoms with Gasteiger partial charge in [0.25, 0.3) is 0 Å². The van der Waals surface area contributed by atoms with Crippen LogP contribution in [-0.4, -0.2) is 29.9 Å². The van der Waals surface area contributed by atoms with E-state index in [0.29, 0.717) is 5.75 Å². The van der Waals surface area contributed by atoms with Crippen molar-refractivity contribution in [3.8, 4) is 0 Å². The Bertz CT molecular complexity index is 315. The highest BCUT2D eigenvalue weighted by atomic mass is 32.2. The number of hydrogen-bond donors (Lipinski definition) is 2. The van der Waals surface area contributed by atoms with Crippen LogP contribution in [-0.2, 0) is 10.5 Å². The molecule has 0 aromatic carbocycles. The number of amides is 1. The third kappa shape index (κ3) is 7.74. The van der Waals surface area contributed by atoms with Gasteiger partial charge in [0.1, 0.15) is 0 Å².